The van der Waals surface area contributed by atoms with E-state index < -0.39 is 0 Å². The summed E-state index contributed by atoms with van der Waals surface area (Å²) in [5, 5.41) is 17.5. The van der Waals surface area contributed by atoms with Crippen LogP contribution in [0.2, 0.25) is 0 Å². The van der Waals surface area contributed by atoms with Crippen LogP contribution in [-0.4, -0.2) is 62.6 Å². The summed E-state index contributed by atoms with van der Waals surface area (Å²) >= 11 is 1.41. The maximum atomic E-state index is 12.2. The molecule has 1 saturated carbocycles. The molecular formula is C27H31N9OS. The number of nitrogens with zero attached hydrogens (tertiary/aromatic N) is 5. The lowest BCUT2D eigenvalue weighted by atomic mass is 10.2. The van der Waals surface area contributed by atoms with E-state index in [1.165, 1.54) is 11.8 Å². The summed E-state index contributed by atoms with van der Waals surface area (Å²) in [6, 6.07) is 19.6. The van der Waals surface area contributed by atoms with Crippen molar-refractivity contribution in [2.45, 2.75) is 29.8 Å². The Labute approximate surface area is 226 Å². The lowest BCUT2D eigenvalue weighted by Gasteiger charge is -2.14. The summed E-state index contributed by atoms with van der Waals surface area (Å²) < 4.78 is 0. The molecule has 11 heteroatoms. The number of aromatic amines is 1. The maximum Gasteiger partial charge on any atom is 0.234 e. The van der Waals surface area contributed by atoms with E-state index in [0.717, 1.165) is 47.8 Å². The van der Waals surface area contributed by atoms with Gasteiger partial charge in [0.1, 0.15) is 0 Å². The number of H-pyrrole nitrogens is 1. The van der Waals surface area contributed by atoms with Crippen molar-refractivity contribution in [3.8, 4) is 11.3 Å². The Morgan fingerprint density at radius 2 is 1.87 bits per heavy atom. The smallest absolute Gasteiger partial charge is 0.234 e. The van der Waals surface area contributed by atoms with E-state index in [0.29, 0.717) is 29.4 Å². The number of aromatic nitrogens is 5. The molecule has 0 unspecified atom stereocenters. The molecule has 2 aromatic heterocycles. The number of benzene rings is 2. The first-order chi connectivity index (χ1) is 18.6. The quantitative estimate of drug-likeness (QED) is 0.203. The van der Waals surface area contributed by atoms with Crippen LogP contribution in [0.3, 0.4) is 0 Å². The molecule has 2 heterocycles. The van der Waals surface area contributed by atoms with E-state index in [1.54, 1.807) is 0 Å². The lowest BCUT2D eigenvalue weighted by Crippen LogP contribution is -2.25. The molecule has 0 atom stereocenters. The van der Waals surface area contributed by atoms with Crippen molar-refractivity contribution < 1.29 is 4.79 Å². The highest BCUT2D eigenvalue weighted by molar-refractivity contribution is 7.99. The van der Waals surface area contributed by atoms with Crippen LogP contribution in [0.4, 0.5) is 23.4 Å². The fourth-order valence-corrected chi connectivity index (χ4v) is 4.46. The molecule has 10 nitrogen and oxygen atoms in total. The molecule has 0 radical (unpaired) electrons. The van der Waals surface area contributed by atoms with Crippen molar-refractivity contribution in [3.05, 3.63) is 60.7 Å². The van der Waals surface area contributed by atoms with Gasteiger partial charge in [0.25, 0.3) is 0 Å². The third kappa shape index (κ3) is 7.08. The molecule has 4 aromatic rings. The van der Waals surface area contributed by atoms with E-state index in [-0.39, 0.29) is 11.8 Å². The average Bonchev–Trinajstić information content (AvgIpc) is 3.68. The second-order valence-electron chi connectivity index (χ2n) is 9.14. The summed E-state index contributed by atoms with van der Waals surface area (Å²) in [5.74, 6) is 1.70. The van der Waals surface area contributed by atoms with Crippen LogP contribution in [0, 0.1) is 5.92 Å². The first-order valence-corrected chi connectivity index (χ1v) is 13.5. The van der Waals surface area contributed by atoms with Gasteiger partial charge in [0.15, 0.2) is 11.0 Å². The number of rotatable bonds is 12. The number of nitrogens with one attached hydrogen (secondary N) is 4. The minimum atomic E-state index is 0.0798. The van der Waals surface area contributed by atoms with Gasteiger partial charge >= 0.3 is 0 Å². The van der Waals surface area contributed by atoms with Gasteiger partial charge in [0, 0.05) is 35.7 Å². The third-order valence-electron chi connectivity index (χ3n) is 6.09. The molecule has 4 N–H and O–H groups in total. The van der Waals surface area contributed by atoms with Crippen molar-refractivity contribution in [1.29, 1.82) is 0 Å². The molecule has 196 valence electrons. The van der Waals surface area contributed by atoms with Gasteiger partial charge < -0.3 is 20.9 Å². The largest absolute Gasteiger partial charge is 0.353 e. The van der Waals surface area contributed by atoms with Crippen LogP contribution in [0.15, 0.2) is 70.7 Å². The minimum absolute atomic E-state index is 0.0798. The monoisotopic (exact) mass is 529 g/mol. The number of carbonyl (C=O) groups excluding carboxylic acids is 1. The molecule has 1 amide bonds. The van der Waals surface area contributed by atoms with Gasteiger partial charge in [-0.05, 0) is 62.0 Å². The Balaban J connectivity index is 1.34. The van der Waals surface area contributed by atoms with E-state index in [9.17, 15) is 4.79 Å². The Morgan fingerprint density at radius 3 is 2.66 bits per heavy atom. The molecular weight excluding hydrogens is 498 g/mol. The topological polar surface area (TPSA) is 124 Å². The Morgan fingerprint density at radius 1 is 1.05 bits per heavy atom. The molecule has 1 fully saturated rings. The first-order valence-electron chi connectivity index (χ1n) is 12.7. The number of likely N-dealkylation sites (N-methyl/N-ethyl adjacent to an activating group) is 1. The number of hydrogen-bond donors (Lipinski definition) is 4. The fraction of sp³-hybridized carbons (Fsp3) is 0.296. The molecule has 2 aromatic carbocycles. The van der Waals surface area contributed by atoms with Gasteiger partial charge in [-0.25, -0.2) is 0 Å². The van der Waals surface area contributed by atoms with Crippen LogP contribution >= 0.6 is 11.8 Å². The number of hydrogen-bond acceptors (Lipinski definition) is 9. The Bertz CT molecular complexity index is 1370. The summed E-state index contributed by atoms with van der Waals surface area (Å²) in [7, 11) is 2.07. The molecule has 0 saturated heterocycles. The zero-order valence-corrected chi connectivity index (χ0v) is 22.3. The van der Waals surface area contributed by atoms with Crippen LogP contribution in [0.25, 0.3) is 11.3 Å². The van der Waals surface area contributed by atoms with Gasteiger partial charge in [-0.3, -0.25) is 9.89 Å². The zero-order chi connectivity index (χ0) is 26.3. The summed E-state index contributed by atoms with van der Waals surface area (Å²) in [6.07, 6.45) is 1.93. The molecule has 0 aliphatic heterocycles. The van der Waals surface area contributed by atoms with Crippen molar-refractivity contribution >= 4 is 41.1 Å². The summed E-state index contributed by atoms with van der Waals surface area (Å²) in [5.41, 5.74) is 2.70. The fourth-order valence-electron chi connectivity index (χ4n) is 3.65. The van der Waals surface area contributed by atoms with Crippen LogP contribution in [0.5, 0.6) is 0 Å². The highest BCUT2D eigenvalue weighted by Crippen LogP contribution is 2.32. The molecule has 38 heavy (non-hydrogen) atoms. The summed E-state index contributed by atoms with van der Waals surface area (Å²) in [6.45, 7) is 4.63. The molecule has 1 aliphatic rings. The Hall–Kier alpha value is -3.96. The predicted octanol–water partition coefficient (Wildman–Crippen LogP) is 4.87. The predicted molar refractivity (Wildman–Crippen MR) is 151 cm³/mol. The molecule has 1 aliphatic carbocycles. The van der Waals surface area contributed by atoms with E-state index in [1.807, 2.05) is 60.7 Å². The van der Waals surface area contributed by atoms with Crippen molar-refractivity contribution in [1.82, 2.24) is 30.0 Å². The maximum absolute atomic E-state index is 12.2. The molecule has 0 spiro atoms. The molecule has 5 rings (SSSR count). The van der Waals surface area contributed by atoms with Crippen LogP contribution < -0.4 is 16.0 Å². The highest BCUT2D eigenvalue weighted by Gasteiger charge is 2.29. The van der Waals surface area contributed by atoms with Crippen molar-refractivity contribution in [2.24, 2.45) is 5.92 Å². The third-order valence-corrected chi connectivity index (χ3v) is 6.95. The standard InChI is InChI=1S/C27H31N9OS/c1-3-36(2)15-14-28-25-31-26(30-23-17-22(34-35-23)18-8-5-4-6-9-18)33-27(32-25)38-21-11-7-10-20(16-21)29-24(37)19-12-13-19/h4-11,16-17,19H,3,12-15H2,1-2H3,(H,29,37)(H3,28,30,31,32,33,34,35). The van der Waals surface area contributed by atoms with Crippen molar-refractivity contribution in [2.75, 3.05) is 42.6 Å². The van der Waals surface area contributed by atoms with Crippen molar-refractivity contribution in [3.63, 3.8) is 0 Å². The molecule has 0 bridgehead atoms. The van der Waals surface area contributed by atoms with E-state index in [4.69, 9.17) is 0 Å². The van der Waals surface area contributed by atoms with E-state index in [2.05, 4.69) is 60.0 Å². The highest BCUT2D eigenvalue weighted by atomic mass is 32.2. The lowest BCUT2D eigenvalue weighted by molar-refractivity contribution is -0.117. The van der Waals surface area contributed by atoms with Gasteiger partial charge in [-0.15, -0.1) is 0 Å². The van der Waals surface area contributed by atoms with Gasteiger partial charge in [-0.1, -0.05) is 43.3 Å². The van der Waals surface area contributed by atoms with E-state index >= 15 is 0 Å². The second-order valence-corrected chi connectivity index (χ2v) is 10.2. The van der Waals surface area contributed by atoms with Crippen LogP contribution in [-0.2, 0) is 4.79 Å². The number of carbonyl (C=O) groups is 1. The minimum Gasteiger partial charge on any atom is -0.353 e. The second kappa shape index (κ2) is 12.1. The normalized spacial score (nSPS) is 12.9. The van der Waals surface area contributed by atoms with Gasteiger partial charge in [0.05, 0.1) is 5.69 Å². The van der Waals surface area contributed by atoms with Gasteiger partial charge in [-0.2, -0.15) is 20.1 Å². The van der Waals surface area contributed by atoms with Gasteiger partial charge in [0.2, 0.25) is 17.8 Å². The van der Waals surface area contributed by atoms with Crippen LogP contribution in [0.1, 0.15) is 19.8 Å². The number of amides is 1. The first kappa shape index (κ1) is 25.7. The SMILES string of the molecule is CCN(C)CCNc1nc(Nc2cc(-c3ccccc3)[nH]n2)nc(Sc2cccc(NC(=O)C3CC3)c2)n1. The number of anilines is 4. The average molecular weight is 530 g/mol. The summed E-state index contributed by atoms with van der Waals surface area (Å²) in [4.78, 5) is 29.1. The zero-order valence-electron chi connectivity index (χ0n) is 21.4. The Kier molecular flexibility index (Phi) is 8.15.